The molecule has 4 heteroatoms. The zero-order valence-electron chi connectivity index (χ0n) is 9.26. The largest absolute Gasteiger partial charge is 0.282 e. The average molecular weight is 227 g/mol. The molecule has 0 aliphatic rings. The van der Waals surface area contributed by atoms with Gasteiger partial charge in [-0.3, -0.25) is 4.40 Å². The van der Waals surface area contributed by atoms with Crippen molar-refractivity contribution in [3.63, 3.8) is 0 Å². The summed E-state index contributed by atoms with van der Waals surface area (Å²) in [7, 11) is 0. The third-order valence-corrected chi connectivity index (χ3v) is 2.65. The van der Waals surface area contributed by atoms with Crippen LogP contribution < -0.4 is 0 Å². The predicted octanol–water partition coefficient (Wildman–Crippen LogP) is 2.84. The quantitative estimate of drug-likeness (QED) is 0.640. The number of aryl methyl sites for hydroxylation is 1. The Bertz CT molecular complexity index is 688. The van der Waals surface area contributed by atoms with E-state index in [1.807, 2.05) is 35.7 Å². The van der Waals surface area contributed by atoms with E-state index in [4.69, 9.17) is 0 Å². The van der Waals surface area contributed by atoms with Crippen LogP contribution in [0, 0.1) is 12.7 Å². The Kier molecular flexibility index (Phi) is 2.14. The fraction of sp³-hybridized carbons (Fsp3) is 0.0769. The molecule has 3 nitrogen and oxygen atoms in total. The van der Waals surface area contributed by atoms with Crippen molar-refractivity contribution in [1.82, 2.24) is 14.6 Å². The number of hydrogen-bond acceptors (Lipinski definition) is 2. The Labute approximate surface area is 97.5 Å². The molecule has 0 saturated heterocycles. The van der Waals surface area contributed by atoms with Gasteiger partial charge in [-0.05, 0) is 36.8 Å². The maximum atomic E-state index is 13.2. The molecular formula is C13H10FN3. The van der Waals surface area contributed by atoms with Crippen molar-refractivity contribution in [1.29, 1.82) is 0 Å². The lowest BCUT2D eigenvalue weighted by Gasteiger charge is -2.00. The number of aromatic nitrogens is 3. The van der Waals surface area contributed by atoms with Crippen LogP contribution in [-0.2, 0) is 0 Å². The lowest BCUT2D eigenvalue weighted by atomic mass is 10.2. The lowest BCUT2D eigenvalue weighted by Crippen LogP contribution is -1.90. The minimum absolute atomic E-state index is 0.272. The summed E-state index contributed by atoms with van der Waals surface area (Å²) in [5, 5.41) is 8.17. The highest BCUT2D eigenvalue weighted by Crippen LogP contribution is 2.19. The maximum Gasteiger partial charge on any atom is 0.168 e. The van der Waals surface area contributed by atoms with Crippen LogP contribution in [0.1, 0.15) is 5.56 Å². The van der Waals surface area contributed by atoms with Crippen LogP contribution in [-0.4, -0.2) is 14.6 Å². The van der Waals surface area contributed by atoms with Gasteiger partial charge in [-0.2, -0.15) is 0 Å². The summed E-state index contributed by atoms with van der Waals surface area (Å²) < 4.78 is 15.0. The van der Waals surface area contributed by atoms with Gasteiger partial charge in [-0.1, -0.05) is 12.1 Å². The van der Waals surface area contributed by atoms with Crippen LogP contribution >= 0.6 is 0 Å². The SMILES string of the molecule is Cc1ccn2c(-c3cccc(F)c3)nnc2c1. The first-order valence-corrected chi connectivity index (χ1v) is 5.31. The number of nitrogens with zero attached hydrogens (tertiary/aromatic N) is 3. The van der Waals surface area contributed by atoms with Crippen molar-refractivity contribution in [2.24, 2.45) is 0 Å². The van der Waals surface area contributed by atoms with Gasteiger partial charge in [0.05, 0.1) is 0 Å². The van der Waals surface area contributed by atoms with E-state index in [0.29, 0.717) is 5.82 Å². The molecule has 0 aliphatic heterocycles. The van der Waals surface area contributed by atoms with Crippen LogP contribution in [0.25, 0.3) is 17.0 Å². The summed E-state index contributed by atoms with van der Waals surface area (Å²) in [6, 6.07) is 10.3. The highest BCUT2D eigenvalue weighted by Gasteiger charge is 2.08. The number of rotatable bonds is 1. The fourth-order valence-corrected chi connectivity index (χ4v) is 1.82. The lowest BCUT2D eigenvalue weighted by molar-refractivity contribution is 0.628. The van der Waals surface area contributed by atoms with Gasteiger partial charge in [0, 0.05) is 11.8 Å². The monoisotopic (exact) mass is 227 g/mol. The fourth-order valence-electron chi connectivity index (χ4n) is 1.82. The van der Waals surface area contributed by atoms with Gasteiger partial charge in [-0.25, -0.2) is 4.39 Å². The molecule has 1 aromatic carbocycles. The van der Waals surface area contributed by atoms with Gasteiger partial charge >= 0.3 is 0 Å². The Morgan fingerprint density at radius 1 is 1.12 bits per heavy atom. The summed E-state index contributed by atoms with van der Waals surface area (Å²) in [4.78, 5) is 0. The van der Waals surface area contributed by atoms with Crippen LogP contribution in [0.5, 0.6) is 0 Å². The number of fused-ring (bicyclic) bond motifs is 1. The Morgan fingerprint density at radius 3 is 2.82 bits per heavy atom. The molecule has 0 spiro atoms. The van der Waals surface area contributed by atoms with E-state index in [9.17, 15) is 4.39 Å². The van der Waals surface area contributed by atoms with Gasteiger partial charge in [0.2, 0.25) is 0 Å². The predicted molar refractivity (Wildman–Crippen MR) is 63.1 cm³/mol. The van der Waals surface area contributed by atoms with E-state index in [1.165, 1.54) is 12.1 Å². The van der Waals surface area contributed by atoms with E-state index >= 15 is 0 Å². The first-order valence-electron chi connectivity index (χ1n) is 5.31. The third kappa shape index (κ3) is 1.67. The normalized spacial score (nSPS) is 10.9. The van der Waals surface area contributed by atoms with E-state index < -0.39 is 0 Å². The van der Waals surface area contributed by atoms with Crippen molar-refractivity contribution in [2.45, 2.75) is 6.92 Å². The van der Waals surface area contributed by atoms with Crippen molar-refractivity contribution in [2.75, 3.05) is 0 Å². The molecular weight excluding hydrogens is 217 g/mol. The van der Waals surface area contributed by atoms with Crippen molar-refractivity contribution in [3.05, 3.63) is 54.0 Å². The molecule has 3 aromatic rings. The molecule has 2 aromatic heterocycles. The topological polar surface area (TPSA) is 30.2 Å². The van der Waals surface area contributed by atoms with E-state index in [2.05, 4.69) is 10.2 Å². The average Bonchev–Trinajstić information content (AvgIpc) is 2.71. The zero-order valence-corrected chi connectivity index (χ0v) is 9.26. The molecule has 2 heterocycles. The highest BCUT2D eigenvalue weighted by atomic mass is 19.1. The molecule has 0 saturated carbocycles. The second-order valence-electron chi connectivity index (χ2n) is 3.97. The molecule has 0 fully saturated rings. The summed E-state index contributed by atoms with van der Waals surface area (Å²) in [6.07, 6.45) is 1.89. The molecule has 0 unspecified atom stereocenters. The van der Waals surface area contributed by atoms with Gasteiger partial charge in [-0.15, -0.1) is 10.2 Å². The molecule has 0 aliphatic carbocycles. The first kappa shape index (κ1) is 9.96. The summed E-state index contributed by atoms with van der Waals surface area (Å²) in [5.74, 6) is 0.380. The molecule has 0 radical (unpaired) electrons. The number of pyridine rings is 1. The van der Waals surface area contributed by atoms with Crippen molar-refractivity contribution >= 4 is 5.65 Å². The van der Waals surface area contributed by atoms with Crippen LogP contribution in [0.3, 0.4) is 0 Å². The molecule has 0 amide bonds. The Hall–Kier alpha value is -2.23. The standard InChI is InChI=1S/C13H10FN3/c1-9-5-6-17-12(7-9)15-16-13(17)10-3-2-4-11(14)8-10/h2-8H,1H3. The van der Waals surface area contributed by atoms with E-state index in [0.717, 1.165) is 16.8 Å². The summed E-state index contributed by atoms with van der Waals surface area (Å²) in [6.45, 7) is 2.00. The van der Waals surface area contributed by atoms with Crippen LogP contribution in [0.4, 0.5) is 4.39 Å². The van der Waals surface area contributed by atoms with Gasteiger partial charge < -0.3 is 0 Å². The number of benzene rings is 1. The molecule has 17 heavy (non-hydrogen) atoms. The van der Waals surface area contributed by atoms with Crippen LogP contribution in [0.15, 0.2) is 42.6 Å². The maximum absolute atomic E-state index is 13.2. The van der Waals surface area contributed by atoms with Gasteiger partial charge in [0.1, 0.15) is 5.82 Å². The minimum Gasteiger partial charge on any atom is -0.282 e. The highest BCUT2D eigenvalue weighted by molar-refractivity contribution is 5.59. The van der Waals surface area contributed by atoms with Crippen molar-refractivity contribution < 1.29 is 4.39 Å². The van der Waals surface area contributed by atoms with E-state index in [1.54, 1.807) is 6.07 Å². The Morgan fingerprint density at radius 2 is 2.00 bits per heavy atom. The molecule has 0 N–H and O–H groups in total. The number of hydrogen-bond donors (Lipinski definition) is 0. The second kappa shape index (κ2) is 3.66. The third-order valence-electron chi connectivity index (χ3n) is 2.65. The summed E-state index contributed by atoms with van der Waals surface area (Å²) >= 11 is 0. The minimum atomic E-state index is -0.272. The molecule has 0 bridgehead atoms. The second-order valence-corrected chi connectivity index (χ2v) is 3.97. The van der Waals surface area contributed by atoms with Crippen molar-refractivity contribution in [3.8, 4) is 11.4 Å². The smallest absolute Gasteiger partial charge is 0.168 e. The van der Waals surface area contributed by atoms with E-state index in [-0.39, 0.29) is 5.82 Å². The first-order chi connectivity index (χ1) is 8.24. The molecule has 0 atom stereocenters. The number of halogens is 1. The molecule has 3 rings (SSSR count). The molecule has 84 valence electrons. The van der Waals surface area contributed by atoms with Gasteiger partial charge in [0.15, 0.2) is 11.5 Å². The van der Waals surface area contributed by atoms with Gasteiger partial charge in [0.25, 0.3) is 0 Å². The van der Waals surface area contributed by atoms with Crippen LogP contribution in [0.2, 0.25) is 0 Å². The summed E-state index contributed by atoms with van der Waals surface area (Å²) in [5.41, 5.74) is 2.61. The Balaban J connectivity index is 2.24. The zero-order chi connectivity index (χ0) is 11.8.